The highest BCUT2D eigenvalue weighted by molar-refractivity contribution is 6.03. The van der Waals surface area contributed by atoms with Gasteiger partial charge in [-0.25, -0.2) is 4.98 Å². The van der Waals surface area contributed by atoms with E-state index in [9.17, 15) is 9.59 Å². The first-order valence-electron chi connectivity index (χ1n) is 12.1. The van der Waals surface area contributed by atoms with Crippen LogP contribution in [0, 0.1) is 0 Å². The van der Waals surface area contributed by atoms with Crippen molar-refractivity contribution in [3.05, 3.63) is 103 Å². The molecule has 0 atom stereocenters. The van der Waals surface area contributed by atoms with Gasteiger partial charge in [0.2, 0.25) is 5.91 Å². The van der Waals surface area contributed by atoms with Crippen LogP contribution in [-0.2, 0) is 4.79 Å². The average molecular weight is 503 g/mol. The predicted molar refractivity (Wildman–Crippen MR) is 150 cm³/mol. The van der Waals surface area contributed by atoms with Crippen LogP contribution in [0.3, 0.4) is 0 Å². The van der Waals surface area contributed by atoms with Crippen LogP contribution in [0.15, 0.2) is 92.2 Å². The number of aromatic amines is 1. The first kappa shape index (κ1) is 24.6. The van der Waals surface area contributed by atoms with Crippen molar-refractivity contribution < 1.29 is 9.59 Å². The normalized spacial score (nSPS) is 10.9. The first-order chi connectivity index (χ1) is 18.4. The smallest absolute Gasteiger partial charge is 0.274 e. The maximum atomic E-state index is 12.7. The van der Waals surface area contributed by atoms with Gasteiger partial charge in [0.1, 0.15) is 11.3 Å². The van der Waals surface area contributed by atoms with Crippen molar-refractivity contribution in [2.75, 3.05) is 10.6 Å². The highest BCUT2D eigenvalue weighted by Gasteiger charge is 2.13. The van der Waals surface area contributed by atoms with E-state index in [1.807, 2.05) is 48.7 Å². The third-order valence-corrected chi connectivity index (χ3v) is 6.20. The Hall–Kier alpha value is -5.11. The van der Waals surface area contributed by atoms with Crippen LogP contribution in [0.4, 0.5) is 11.4 Å². The summed E-state index contributed by atoms with van der Waals surface area (Å²) in [7, 11) is 0. The minimum Gasteiger partial charge on any atom is -0.346 e. The zero-order valence-electron chi connectivity index (χ0n) is 21.0. The van der Waals surface area contributed by atoms with Crippen LogP contribution < -0.4 is 10.6 Å². The molecule has 8 heteroatoms. The van der Waals surface area contributed by atoms with E-state index in [4.69, 9.17) is 0 Å². The topological polar surface area (TPSA) is 113 Å². The quantitative estimate of drug-likeness (QED) is 0.230. The lowest BCUT2D eigenvalue weighted by Gasteiger charge is -2.09. The maximum Gasteiger partial charge on any atom is 0.274 e. The van der Waals surface area contributed by atoms with E-state index in [1.54, 1.807) is 30.9 Å². The van der Waals surface area contributed by atoms with E-state index in [1.165, 1.54) is 11.6 Å². The van der Waals surface area contributed by atoms with Crippen molar-refractivity contribution in [3.63, 3.8) is 0 Å². The van der Waals surface area contributed by atoms with Crippen LogP contribution in [-0.4, -0.2) is 31.8 Å². The molecule has 0 aliphatic heterocycles. The molecular formula is C30H26N6O2. The molecule has 0 unspecified atom stereocenters. The van der Waals surface area contributed by atoms with E-state index in [2.05, 4.69) is 51.0 Å². The molecule has 188 valence electrons. The van der Waals surface area contributed by atoms with E-state index in [0.29, 0.717) is 17.3 Å². The van der Waals surface area contributed by atoms with Crippen LogP contribution in [0.1, 0.15) is 35.8 Å². The van der Waals surface area contributed by atoms with Gasteiger partial charge in [-0.15, -0.1) is 0 Å². The standard InChI is InChI=1S/C30H26N6O2/c1-4-28(37)35-24-11-21(13-31-16-24)22-12-25-26(17-34-29(25)33-15-22)20-7-10-27(32-14-20)30(38)36-23-8-5-19(6-9-23)18(2)3/h4-18H,1H2,2-3H3,(H,33,34)(H,35,37)(H,36,38). The molecule has 4 aromatic heterocycles. The summed E-state index contributed by atoms with van der Waals surface area (Å²) in [5.74, 6) is -0.150. The number of carbonyl (C=O) groups is 2. The number of fused-ring (bicyclic) bond motifs is 1. The van der Waals surface area contributed by atoms with E-state index >= 15 is 0 Å². The number of aromatic nitrogens is 4. The molecule has 3 N–H and O–H groups in total. The number of rotatable bonds is 7. The van der Waals surface area contributed by atoms with Crippen LogP contribution in [0.2, 0.25) is 0 Å². The summed E-state index contributed by atoms with van der Waals surface area (Å²) < 4.78 is 0. The summed E-state index contributed by atoms with van der Waals surface area (Å²) >= 11 is 0. The Bertz CT molecular complexity index is 1640. The molecule has 5 rings (SSSR count). The second kappa shape index (κ2) is 10.5. The van der Waals surface area contributed by atoms with Gasteiger partial charge in [-0.2, -0.15) is 0 Å². The first-order valence-corrected chi connectivity index (χ1v) is 12.1. The highest BCUT2D eigenvalue weighted by atomic mass is 16.2. The van der Waals surface area contributed by atoms with Gasteiger partial charge >= 0.3 is 0 Å². The van der Waals surface area contributed by atoms with Gasteiger partial charge < -0.3 is 15.6 Å². The molecule has 0 bridgehead atoms. The number of carbonyl (C=O) groups excluding carboxylic acids is 2. The fourth-order valence-electron chi connectivity index (χ4n) is 4.09. The number of nitrogens with zero attached hydrogens (tertiary/aromatic N) is 3. The number of anilines is 2. The number of hydrogen-bond donors (Lipinski definition) is 3. The Morgan fingerprint density at radius 1 is 0.868 bits per heavy atom. The summed E-state index contributed by atoms with van der Waals surface area (Å²) in [4.78, 5) is 40.8. The summed E-state index contributed by atoms with van der Waals surface area (Å²) in [5, 5.41) is 6.51. The molecule has 8 nitrogen and oxygen atoms in total. The molecular weight excluding hydrogens is 476 g/mol. The molecule has 0 fully saturated rings. The van der Waals surface area contributed by atoms with Crippen molar-refractivity contribution in [2.45, 2.75) is 19.8 Å². The molecule has 0 radical (unpaired) electrons. The van der Waals surface area contributed by atoms with E-state index < -0.39 is 0 Å². The summed E-state index contributed by atoms with van der Waals surface area (Å²) in [6.45, 7) is 7.73. The Labute approximate surface area is 219 Å². The third kappa shape index (κ3) is 5.19. The molecule has 0 saturated heterocycles. The zero-order chi connectivity index (χ0) is 26.6. The van der Waals surface area contributed by atoms with Crippen LogP contribution >= 0.6 is 0 Å². The van der Waals surface area contributed by atoms with Gasteiger partial charge in [0, 0.05) is 58.1 Å². The maximum absolute atomic E-state index is 12.7. The lowest BCUT2D eigenvalue weighted by Crippen LogP contribution is -2.13. The number of H-pyrrole nitrogens is 1. The van der Waals surface area contributed by atoms with Gasteiger partial charge in [-0.3, -0.25) is 19.6 Å². The number of hydrogen-bond acceptors (Lipinski definition) is 5. The summed E-state index contributed by atoms with van der Waals surface area (Å²) in [6, 6.07) is 15.2. The molecule has 1 aromatic carbocycles. The number of benzene rings is 1. The molecule has 0 aliphatic carbocycles. The predicted octanol–water partition coefficient (Wildman–Crippen LogP) is 6.19. The van der Waals surface area contributed by atoms with Gasteiger partial charge in [0.05, 0.1) is 11.9 Å². The Kier molecular flexibility index (Phi) is 6.78. The lowest BCUT2D eigenvalue weighted by atomic mass is 10.0. The van der Waals surface area contributed by atoms with Gasteiger partial charge in [0.25, 0.3) is 5.91 Å². The van der Waals surface area contributed by atoms with Crippen molar-refractivity contribution in [3.8, 4) is 22.3 Å². The van der Waals surface area contributed by atoms with Crippen molar-refractivity contribution in [2.24, 2.45) is 0 Å². The lowest BCUT2D eigenvalue weighted by molar-refractivity contribution is -0.111. The number of pyridine rings is 3. The van der Waals surface area contributed by atoms with Crippen molar-refractivity contribution >= 4 is 34.2 Å². The zero-order valence-corrected chi connectivity index (χ0v) is 21.0. The third-order valence-electron chi connectivity index (χ3n) is 6.20. The average Bonchev–Trinajstić information content (AvgIpc) is 3.37. The van der Waals surface area contributed by atoms with Crippen molar-refractivity contribution in [1.29, 1.82) is 0 Å². The molecule has 0 saturated carbocycles. The molecule has 0 spiro atoms. The largest absolute Gasteiger partial charge is 0.346 e. The Balaban J connectivity index is 1.37. The second-order valence-corrected chi connectivity index (χ2v) is 9.14. The molecule has 4 heterocycles. The van der Waals surface area contributed by atoms with E-state index in [0.717, 1.165) is 39.0 Å². The molecule has 38 heavy (non-hydrogen) atoms. The monoisotopic (exact) mass is 502 g/mol. The Morgan fingerprint density at radius 2 is 1.63 bits per heavy atom. The molecule has 2 amide bonds. The fourth-order valence-corrected chi connectivity index (χ4v) is 4.09. The second-order valence-electron chi connectivity index (χ2n) is 9.14. The van der Waals surface area contributed by atoms with Crippen LogP contribution in [0.25, 0.3) is 33.3 Å². The number of amides is 2. The minimum atomic E-state index is -0.306. The summed E-state index contributed by atoms with van der Waals surface area (Å²) in [5.41, 5.74) is 6.95. The summed E-state index contributed by atoms with van der Waals surface area (Å²) in [6.07, 6.45) is 9.79. The van der Waals surface area contributed by atoms with Crippen molar-refractivity contribution in [1.82, 2.24) is 19.9 Å². The van der Waals surface area contributed by atoms with Gasteiger partial charge in [0.15, 0.2) is 0 Å². The Morgan fingerprint density at radius 3 is 2.34 bits per heavy atom. The SMILES string of the molecule is C=CC(=O)Nc1cncc(-c2cnc3[nH]cc(-c4ccc(C(=O)Nc5ccc(C(C)C)cc5)nc4)c3c2)c1. The fraction of sp³-hybridized carbons (Fsp3) is 0.100. The molecule has 5 aromatic rings. The number of nitrogens with one attached hydrogen (secondary N) is 3. The van der Waals surface area contributed by atoms with Crippen LogP contribution in [0.5, 0.6) is 0 Å². The highest BCUT2D eigenvalue weighted by Crippen LogP contribution is 2.31. The van der Waals surface area contributed by atoms with Gasteiger partial charge in [-0.05, 0) is 47.9 Å². The van der Waals surface area contributed by atoms with Gasteiger partial charge in [-0.1, -0.05) is 38.6 Å². The molecule has 0 aliphatic rings. The van der Waals surface area contributed by atoms with E-state index in [-0.39, 0.29) is 11.8 Å². The minimum absolute atomic E-state index is 0.271.